The van der Waals surface area contributed by atoms with Crippen LogP contribution >= 0.6 is 11.8 Å². The average molecular weight is 368 g/mol. The van der Waals surface area contributed by atoms with Crippen molar-refractivity contribution in [2.45, 2.75) is 37.6 Å². The van der Waals surface area contributed by atoms with Crippen LogP contribution in [-0.4, -0.2) is 20.9 Å². The van der Waals surface area contributed by atoms with Gasteiger partial charge >= 0.3 is 0 Å². The molecule has 0 saturated carbocycles. The van der Waals surface area contributed by atoms with Crippen molar-refractivity contribution >= 4 is 17.4 Å². The zero-order chi connectivity index (χ0) is 17.8. The molecule has 0 fully saturated rings. The Morgan fingerprint density at radius 2 is 2.04 bits per heavy atom. The number of fused-ring (bicyclic) bond motifs is 3. The lowest BCUT2D eigenvalue weighted by Crippen LogP contribution is -2.16. The number of nitrogens with one attached hydrogen (secondary N) is 1. The minimum atomic E-state index is -0.470. The molecule has 3 aromatic rings. The van der Waals surface area contributed by atoms with Gasteiger partial charge in [-0.15, -0.1) is 10.2 Å². The van der Waals surface area contributed by atoms with Crippen molar-refractivity contribution in [1.29, 1.82) is 0 Å². The molecule has 1 unspecified atom stereocenters. The normalized spacial score (nSPS) is 15.3. The molecule has 1 atom stereocenters. The highest BCUT2D eigenvalue weighted by atomic mass is 32.2. The molecule has 6 nitrogen and oxygen atoms in total. The van der Waals surface area contributed by atoms with Crippen LogP contribution in [0.5, 0.6) is 5.88 Å². The largest absolute Gasteiger partial charge is 0.463 e. The number of rotatable bonds is 6. The number of aromatic nitrogens is 3. The quantitative estimate of drug-likeness (QED) is 0.489. The molecule has 0 saturated heterocycles. The van der Waals surface area contributed by atoms with Gasteiger partial charge in [0.2, 0.25) is 17.3 Å². The second-order valence-electron chi connectivity index (χ2n) is 6.01. The van der Waals surface area contributed by atoms with Crippen LogP contribution in [0, 0.1) is 0 Å². The van der Waals surface area contributed by atoms with Crippen LogP contribution in [0.3, 0.4) is 0 Å². The first-order valence-electron chi connectivity index (χ1n) is 8.78. The van der Waals surface area contributed by atoms with Crippen LogP contribution < -0.4 is 10.1 Å². The van der Waals surface area contributed by atoms with Gasteiger partial charge in [0.15, 0.2) is 11.5 Å². The maximum absolute atomic E-state index is 6.12. The summed E-state index contributed by atoms with van der Waals surface area (Å²) in [6.45, 7) is 2.19. The van der Waals surface area contributed by atoms with Gasteiger partial charge in [0, 0.05) is 17.0 Å². The van der Waals surface area contributed by atoms with E-state index in [-0.39, 0.29) is 0 Å². The Kier molecular flexibility index (Phi) is 5.06. The van der Waals surface area contributed by atoms with E-state index >= 15 is 0 Å². The van der Waals surface area contributed by atoms with Crippen LogP contribution in [0.15, 0.2) is 52.2 Å². The molecule has 0 radical (unpaired) electrons. The Labute approximate surface area is 156 Å². The lowest BCUT2D eigenvalue weighted by atomic mass is 10.1. The zero-order valence-electron chi connectivity index (χ0n) is 14.5. The topological polar surface area (TPSA) is 73.1 Å². The van der Waals surface area contributed by atoms with Gasteiger partial charge in [-0.2, -0.15) is 4.98 Å². The van der Waals surface area contributed by atoms with E-state index in [2.05, 4.69) is 27.4 Å². The second kappa shape index (κ2) is 7.78. The molecule has 4 rings (SSSR count). The number of benzene rings is 1. The highest BCUT2D eigenvalue weighted by molar-refractivity contribution is 7.99. The molecule has 0 bridgehead atoms. The third kappa shape index (κ3) is 3.53. The van der Waals surface area contributed by atoms with E-state index in [0.717, 1.165) is 23.4 Å². The van der Waals surface area contributed by atoms with Crippen molar-refractivity contribution in [3.05, 3.63) is 48.4 Å². The van der Waals surface area contributed by atoms with Gasteiger partial charge in [-0.05, 0) is 24.6 Å². The number of ether oxygens (including phenoxy) is 1. The van der Waals surface area contributed by atoms with Crippen LogP contribution in [0.2, 0.25) is 0 Å². The summed E-state index contributed by atoms with van der Waals surface area (Å²) in [6.07, 6.45) is 4.70. The van der Waals surface area contributed by atoms with E-state index in [0.29, 0.717) is 22.5 Å². The van der Waals surface area contributed by atoms with E-state index in [1.54, 1.807) is 18.0 Å². The predicted octanol–water partition coefficient (Wildman–Crippen LogP) is 4.92. The zero-order valence-corrected chi connectivity index (χ0v) is 15.3. The van der Waals surface area contributed by atoms with Crippen LogP contribution in [0.1, 0.15) is 38.2 Å². The molecule has 1 aliphatic rings. The fourth-order valence-electron chi connectivity index (χ4n) is 2.79. The molecule has 1 N–H and O–H groups in total. The van der Waals surface area contributed by atoms with Gasteiger partial charge in [0.25, 0.3) is 0 Å². The van der Waals surface area contributed by atoms with Crippen molar-refractivity contribution < 1.29 is 9.15 Å². The number of thioether (sulfide) groups is 1. The summed E-state index contributed by atoms with van der Waals surface area (Å²) in [4.78, 5) is 4.62. The molecule has 1 aromatic carbocycles. The molecule has 0 spiro atoms. The first-order valence-corrected chi connectivity index (χ1v) is 9.77. The average Bonchev–Trinajstić information content (AvgIpc) is 3.15. The lowest BCUT2D eigenvalue weighted by molar-refractivity contribution is 0.195. The molecule has 0 aliphatic carbocycles. The number of anilines is 1. The molecule has 2 aromatic heterocycles. The maximum atomic E-state index is 6.12. The van der Waals surface area contributed by atoms with Crippen molar-refractivity contribution in [1.82, 2.24) is 15.2 Å². The molecule has 3 heterocycles. The van der Waals surface area contributed by atoms with Gasteiger partial charge < -0.3 is 14.5 Å². The molecular weight excluding hydrogens is 348 g/mol. The van der Waals surface area contributed by atoms with E-state index in [4.69, 9.17) is 9.15 Å². The van der Waals surface area contributed by atoms with E-state index in [1.807, 2.05) is 36.4 Å². The van der Waals surface area contributed by atoms with Crippen LogP contribution in [0.25, 0.3) is 11.3 Å². The smallest absolute Gasteiger partial charge is 0.247 e. The van der Waals surface area contributed by atoms with Crippen LogP contribution in [-0.2, 0) is 0 Å². The summed E-state index contributed by atoms with van der Waals surface area (Å²) >= 11 is 1.61. The minimum absolute atomic E-state index is 0.469. The van der Waals surface area contributed by atoms with Gasteiger partial charge in [0.1, 0.15) is 0 Å². The molecule has 1 aliphatic heterocycles. The molecule has 7 heteroatoms. The summed E-state index contributed by atoms with van der Waals surface area (Å²) in [5.74, 6) is 2.13. The molecular formula is C19H20N4O2S. The first kappa shape index (κ1) is 16.9. The third-order valence-electron chi connectivity index (χ3n) is 4.11. The van der Waals surface area contributed by atoms with Crippen molar-refractivity contribution in [2.24, 2.45) is 0 Å². The second-order valence-corrected chi connectivity index (χ2v) is 7.07. The fourth-order valence-corrected chi connectivity index (χ4v) is 3.57. The van der Waals surface area contributed by atoms with E-state index in [9.17, 15) is 0 Å². The Hall–Kier alpha value is -2.54. The molecule has 0 amide bonds. The first-order chi connectivity index (χ1) is 12.8. The highest BCUT2D eigenvalue weighted by Gasteiger charge is 2.27. The van der Waals surface area contributed by atoms with E-state index in [1.165, 1.54) is 12.8 Å². The highest BCUT2D eigenvalue weighted by Crippen LogP contribution is 2.39. The van der Waals surface area contributed by atoms with Crippen molar-refractivity contribution in [3.8, 4) is 17.1 Å². The Bertz CT molecular complexity index is 870. The van der Waals surface area contributed by atoms with Crippen molar-refractivity contribution in [2.75, 3.05) is 11.1 Å². The van der Waals surface area contributed by atoms with Gasteiger partial charge in [-0.3, -0.25) is 0 Å². The SMILES string of the molecule is CCCCCSc1nnc2c(n1)OC(c1ccco1)Nc1ccccc1-2. The number of nitrogens with zero attached hydrogens (tertiary/aromatic N) is 3. The monoisotopic (exact) mass is 368 g/mol. The summed E-state index contributed by atoms with van der Waals surface area (Å²) in [6, 6.07) is 11.6. The molecule has 26 heavy (non-hydrogen) atoms. The maximum Gasteiger partial charge on any atom is 0.247 e. The summed E-state index contributed by atoms with van der Waals surface area (Å²) in [5, 5.41) is 12.7. The minimum Gasteiger partial charge on any atom is -0.463 e. The number of furan rings is 1. The van der Waals surface area contributed by atoms with E-state index < -0.39 is 6.23 Å². The fraction of sp³-hybridized carbons (Fsp3) is 0.316. The summed E-state index contributed by atoms with van der Waals surface area (Å²) in [5.41, 5.74) is 2.46. The predicted molar refractivity (Wildman–Crippen MR) is 101 cm³/mol. The number of unbranched alkanes of at least 4 members (excludes halogenated alkanes) is 2. The number of para-hydroxylation sites is 1. The Balaban J connectivity index is 1.67. The lowest BCUT2D eigenvalue weighted by Gasteiger charge is -2.16. The third-order valence-corrected chi connectivity index (χ3v) is 5.04. The van der Waals surface area contributed by atoms with Crippen molar-refractivity contribution in [3.63, 3.8) is 0 Å². The van der Waals surface area contributed by atoms with Crippen LogP contribution in [0.4, 0.5) is 5.69 Å². The van der Waals surface area contributed by atoms with Gasteiger partial charge in [-0.25, -0.2) is 0 Å². The molecule has 134 valence electrons. The van der Waals surface area contributed by atoms with Gasteiger partial charge in [0.05, 0.1) is 6.26 Å². The standard InChI is InChI=1S/C19H20N4O2S/c1-2-3-6-12-26-19-21-18-16(22-23-19)13-8-4-5-9-14(13)20-17(25-18)15-10-7-11-24-15/h4-5,7-11,17,20H,2-3,6,12H2,1H3. The summed E-state index contributed by atoms with van der Waals surface area (Å²) < 4.78 is 11.6. The Morgan fingerprint density at radius 1 is 1.12 bits per heavy atom. The van der Waals surface area contributed by atoms with Gasteiger partial charge in [-0.1, -0.05) is 49.7 Å². The summed E-state index contributed by atoms with van der Waals surface area (Å²) in [7, 11) is 0. The number of hydrogen-bond donors (Lipinski definition) is 1. The Morgan fingerprint density at radius 3 is 2.88 bits per heavy atom. The number of hydrogen-bond acceptors (Lipinski definition) is 7.